The van der Waals surface area contributed by atoms with E-state index < -0.39 is 21.8 Å². The minimum absolute atomic E-state index is 0.00764. The molecule has 0 saturated carbocycles. The number of hydrogen-bond acceptors (Lipinski definition) is 8. The van der Waals surface area contributed by atoms with E-state index in [0.29, 0.717) is 19.4 Å². The fourth-order valence-electron chi connectivity index (χ4n) is 3.68. The Kier molecular flexibility index (Phi) is 7.54. The number of sulfonamides is 1. The molecule has 12 heteroatoms. The van der Waals surface area contributed by atoms with E-state index in [1.807, 2.05) is 19.1 Å². The van der Waals surface area contributed by atoms with Gasteiger partial charge in [0.15, 0.2) is 21.6 Å². The Morgan fingerprint density at radius 3 is 2.58 bits per heavy atom. The van der Waals surface area contributed by atoms with Gasteiger partial charge >= 0.3 is 0 Å². The lowest BCUT2D eigenvalue weighted by molar-refractivity contribution is 0.213. The summed E-state index contributed by atoms with van der Waals surface area (Å²) in [4.78, 5) is 11.0. The highest BCUT2D eigenvalue weighted by atomic mass is 32.2. The molecular weight excluding hydrogens is 482 g/mol. The number of aryl methyl sites for hydroxylation is 1. The summed E-state index contributed by atoms with van der Waals surface area (Å²) in [7, 11) is -3.97. The van der Waals surface area contributed by atoms with Gasteiger partial charge in [0, 0.05) is 27.7 Å². The summed E-state index contributed by atoms with van der Waals surface area (Å²) in [6.45, 7) is 8.20. The molecule has 1 aliphatic rings. The van der Waals surface area contributed by atoms with E-state index in [9.17, 15) is 18.6 Å². The second kappa shape index (κ2) is 9.71. The monoisotopic (exact) mass is 513 g/mol. The molecule has 33 heavy (non-hydrogen) atoms. The average Bonchev–Trinajstić information content (AvgIpc) is 3.45. The highest BCUT2D eigenvalue weighted by Crippen LogP contribution is 2.42. The number of nitrogens with zero attached hydrogens (tertiary/aromatic N) is 3. The number of rotatable bonds is 6. The zero-order valence-corrected chi connectivity index (χ0v) is 21.6. The number of hydrogen-bond donors (Lipinski definition) is 4. The van der Waals surface area contributed by atoms with Crippen LogP contribution in [0.2, 0.25) is 0 Å². The number of thiophene rings is 2. The molecule has 2 aromatic rings. The molecule has 9 nitrogen and oxygen atoms in total. The van der Waals surface area contributed by atoms with Crippen molar-refractivity contribution < 1.29 is 18.6 Å². The molecule has 3 heterocycles. The fourth-order valence-corrected chi connectivity index (χ4v) is 7.85. The number of amidine groups is 2. The summed E-state index contributed by atoms with van der Waals surface area (Å²) in [5.41, 5.74) is 12.0. The van der Waals surface area contributed by atoms with Crippen molar-refractivity contribution in [2.45, 2.75) is 56.8 Å². The van der Waals surface area contributed by atoms with Gasteiger partial charge in [-0.1, -0.05) is 20.8 Å². The fraction of sp³-hybridized carbons (Fsp3) is 0.524. The SMILES string of the molecule is Cc1ccc([C@H](N=C(N)C(N)=Nc2csc(S(=O)(=O)N3CCCC3CO)c2O)C(C)(C)C)s1. The van der Waals surface area contributed by atoms with Gasteiger partial charge in [-0.15, -0.1) is 22.7 Å². The smallest absolute Gasteiger partial charge is 0.256 e. The molecule has 1 saturated heterocycles. The van der Waals surface area contributed by atoms with Crippen LogP contribution in [0.1, 0.15) is 49.4 Å². The number of aliphatic hydroxyl groups is 1. The first-order chi connectivity index (χ1) is 15.4. The van der Waals surface area contributed by atoms with Crippen LogP contribution in [0.15, 0.2) is 31.7 Å². The number of aliphatic hydroxyl groups excluding tert-OH is 1. The Labute approximate surface area is 202 Å². The lowest BCUT2D eigenvalue weighted by Gasteiger charge is -2.27. The maximum absolute atomic E-state index is 13.0. The third-order valence-corrected chi connectivity index (χ3v) is 9.90. The van der Waals surface area contributed by atoms with Gasteiger partial charge in [-0.05, 0) is 37.3 Å². The summed E-state index contributed by atoms with van der Waals surface area (Å²) >= 11 is 2.48. The summed E-state index contributed by atoms with van der Waals surface area (Å²) in [5.74, 6) is -0.583. The van der Waals surface area contributed by atoms with Crippen molar-refractivity contribution in [3.63, 3.8) is 0 Å². The maximum atomic E-state index is 13.0. The van der Waals surface area contributed by atoms with E-state index in [-0.39, 0.29) is 39.6 Å². The van der Waals surface area contributed by atoms with Crippen LogP contribution in [0.4, 0.5) is 5.69 Å². The second-order valence-corrected chi connectivity index (χ2v) is 13.4. The lowest BCUT2D eigenvalue weighted by Crippen LogP contribution is -2.37. The first-order valence-corrected chi connectivity index (χ1v) is 13.7. The molecule has 0 radical (unpaired) electrons. The predicted octanol–water partition coefficient (Wildman–Crippen LogP) is 3.10. The molecule has 1 unspecified atom stereocenters. The van der Waals surface area contributed by atoms with Crippen LogP contribution in [0.3, 0.4) is 0 Å². The predicted molar refractivity (Wildman–Crippen MR) is 134 cm³/mol. The first-order valence-electron chi connectivity index (χ1n) is 10.5. The summed E-state index contributed by atoms with van der Waals surface area (Å²) in [6, 6.07) is 3.29. The van der Waals surface area contributed by atoms with E-state index in [1.54, 1.807) is 11.3 Å². The van der Waals surface area contributed by atoms with Gasteiger partial charge in [0.05, 0.1) is 12.6 Å². The van der Waals surface area contributed by atoms with Crippen molar-refractivity contribution in [2.75, 3.05) is 13.2 Å². The van der Waals surface area contributed by atoms with Gasteiger partial charge in [-0.3, -0.25) is 4.99 Å². The van der Waals surface area contributed by atoms with E-state index >= 15 is 0 Å². The molecule has 3 rings (SSSR count). The third-order valence-electron chi connectivity index (χ3n) is 5.41. The quantitative estimate of drug-likeness (QED) is 0.344. The summed E-state index contributed by atoms with van der Waals surface area (Å²) in [6.07, 6.45) is 1.23. The normalized spacial score (nSPS) is 19.8. The van der Waals surface area contributed by atoms with Gasteiger partial charge in [-0.25, -0.2) is 13.4 Å². The highest BCUT2D eigenvalue weighted by Gasteiger charge is 2.38. The molecule has 1 fully saturated rings. The molecule has 0 aromatic carbocycles. The van der Waals surface area contributed by atoms with Gasteiger partial charge in [0.25, 0.3) is 10.0 Å². The molecule has 6 N–H and O–H groups in total. The minimum atomic E-state index is -3.97. The highest BCUT2D eigenvalue weighted by molar-refractivity contribution is 7.91. The van der Waals surface area contributed by atoms with E-state index in [1.165, 1.54) is 9.69 Å². The maximum Gasteiger partial charge on any atom is 0.256 e. The van der Waals surface area contributed by atoms with Gasteiger partial charge < -0.3 is 21.7 Å². The molecule has 0 bridgehead atoms. The van der Waals surface area contributed by atoms with E-state index in [4.69, 9.17) is 11.5 Å². The molecule has 0 amide bonds. The summed E-state index contributed by atoms with van der Waals surface area (Å²) < 4.78 is 27.0. The minimum Gasteiger partial charge on any atom is -0.504 e. The van der Waals surface area contributed by atoms with Crippen molar-refractivity contribution in [1.82, 2.24) is 4.31 Å². The lowest BCUT2D eigenvalue weighted by atomic mass is 9.86. The van der Waals surface area contributed by atoms with Crippen LogP contribution in [-0.2, 0) is 10.0 Å². The van der Waals surface area contributed by atoms with E-state index in [0.717, 1.165) is 21.1 Å². The Balaban J connectivity index is 1.91. The Morgan fingerprint density at radius 2 is 2.00 bits per heavy atom. The zero-order valence-electron chi connectivity index (χ0n) is 19.1. The summed E-state index contributed by atoms with van der Waals surface area (Å²) in [5, 5.41) is 21.5. The largest absolute Gasteiger partial charge is 0.504 e. The molecule has 0 spiro atoms. The van der Waals surface area contributed by atoms with Crippen LogP contribution in [0, 0.1) is 12.3 Å². The van der Waals surface area contributed by atoms with E-state index in [2.05, 4.69) is 30.8 Å². The van der Waals surface area contributed by atoms with Crippen LogP contribution in [0.5, 0.6) is 5.75 Å². The van der Waals surface area contributed by atoms with Crippen molar-refractivity contribution in [1.29, 1.82) is 0 Å². The number of aromatic hydroxyl groups is 1. The Morgan fingerprint density at radius 1 is 1.30 bits per heavy atom. The third kappa shape index (κ3) is 5.40. The molecule has 0 aliphatic carbocycles. The van der Waals surface area contributed by atoms with Crippen molar-refractivity contribution in [2.24, 2.45) is 26.9 Å². The Hall–Kier alpha value is -1.99. The van der Waals surface area contributed by atoms with Gasteiger partial charge in [0.2, 0.25) is 0 Å². The molecule has 2 atom stereocenters. The standard InChI is InChI=1S/C21H31N5O4S3/c1-12-7-8-15(32-12)17(21(2,3)4)25-19(23)18(22)24-14-11-31-20(16(14)28)33(29,30)26-9-5-6-13(26)10-27/h7-8,11,13,17,27-28H,5-6,9-10H2,1-4H3,(H2,22,24)(H2,23,25)/t13?,17-/m0/s1. The topological polar surface area (TPSA) is 155 Å². The second-order valence-electron chi connectivity index (χ2n) is 9.08. The number of aliphatic imine (C=N–C) groups is 2. The van der Waals surface area contributed by atoms with Crippen LogP contribution in [-0.4, -0.2) is 53.8 Å². The van der Waals surface area contributed by atoms with Crippen LogP contribution >= 0.6 is 22.7 Å². The van der Waals surface area contributed by atoms with Crippen molar-refractivity contribution in [3.8, 4) is 5.75 Å². The Bertz CT molecular complexity index is 1160. The first kappa shape index (κ1) is 25.6. The van der Waals surface area contributed by atoms with Crippen molar-refractivity contribution in [3.05, 3.63) is 27.3 Å². The molecular formula is C21H31N5O4S3. The van der Waals surface area contributed by atoms with Crippen molar-refractivity contribution >= 4 is 50.1 Å². The molecule has 182 valence electrons. The van der Waals surface area contributed by atoms with Gasteiger partial charge in [-0.2, -0.15) is 4.31 Å². The average molecular weight is 514 g/mol. The molecule has 2 aromatic heterocycles. The van der Waals surface area contributed by atoms with Crippen LogP contribution < -0.4 is 11.5 Å². The van der Waals surface area contributed by atoms with Crippen LogP contribution in [0.25, 0.3) is 0 Å². The van der Waals surface area contributed by atoms with Gasteiger partial charge in [0.1, 0.15) is 5.69 Å². The molecule has 1 aliphatic heterocycles. The number of nitrogens with two attached hydrogens (primary N) is 2. The zero-order chi connectivity index (χ0) is 24.6.